The quantitative estimate of drug-likeness (QED) is 0.0985. The van der Waals surface area contributed by atoms with E-state index >= 15 is 0 Å². The van der Waals surface area contributed by atoms with E-state index in [4.69, 9.17) is 88.8 Å². The topological polar surface area (TPSA) is 209 Å². The molecule has 0 fully saturated rings. The highest BCUT2D eigenvalue weighted by atomic mass is 17.6. The summed E-state index contributed by atoms with van der Waals surface area (Å²) in [7, 11) is 0. The first-order valence-electron chi connectivity index (χ1n) is 24.0. The van der Waals surface area contributed by atoms with Gasteiger partial charge in [-0.05, 0) is 413 Å². The summed E-state index contributed by atoms with van der Waals surface area (Å²) >= 11 is 0. The summed E-state index contributed by atoms with van der Waals surface area (Å²) in [6.07, 6.45) is 55.6. The molecule has 0 saturated carbocycles. The average molecular weight is 1330 g/mol. The summed E-state index contributed by atoms with van der Waals surface area (Å²) in [5.41, 5.74) is 0. The molecule has 0 amide bonds. The van der Waals surface area contributed by atoms with Crippen LogP contribution in [0.15, 0.2) is 0 Å². The minimum Gasteiger partial charge on any atom is -0.412 e. The van der Waals surface area contributed by atoms with Gasteiger partial charge in [-0.1, -0.05) is 65.7 Å². The van der Waals surface area contributed by atoms with E-state index in [2.05, 4.69) is 425 Å². The highest BCUT2D eigenvalue weighted by Gasteiger charge is 1.58. The van der Waals surface area contributed by atoms with Crippen molar-refractivity contribution in [2.24, 2.45) is 0 Å². The highest BCUT2D eigenvalue weighted by Crippen LogP contribution is 1.60. The number of terminal acetylenes is 11. The van der Waals surface area contributed by atoms with Crippen LogP contribution in [0, 0.1) is 478 Å². The van der Waals surface area contributed by atoms with Gasteiger partial charge in [0.15, 0.2) is 0 Å². The number of rotatable bonds is 1. The molecule has 490 valence electrons. The van der Waals surface area contributed by atoms with Crippen LogP contribution in [0.1, 0.15) is 90.5 Å². The second-order valence-electron chi connectivity index (χ2n) is 10.2. The molecule has 0 heterocycles. The first-order valence-corrected chi connectivity index (χ1v) is 24.0. The lowest BCUT2D eigenvalue weighted by Gasteiger charge is -1.71. The first kappa shape index (κ1) is 133. The van der Waals surface area contributed by atoms with Crippen LogP contribution in [0.4, 0.5) is 0 Å². The van der Waals surface area contributed by atoms with Crippen molar-refractivity contribution in [2.45, 2.75) is 90.5 Å². The third-order valence-electron chi connectivity index (χ3n) is 4.31. The van der Waals surface area contributed by atoms with Gasteiger partial charge in [0.1, 0.15) is 0 Å². The summed E-state index contributed by atoms with van der Waals surface area (Å²) in [6, 6.07) is 0. The smallest absolute Gasteiger partial charge is 0 e. The lowest BCUT2D eigenvalue weighted by molar-refractivity contribution is -0.611. The van der Waals surface area contributed by atoms with Crippen molar-refractivity contribution < 1.29 is 41.6 Å². The van der Waals surface area contributed by atoms with Crippen molar-refractivity contribution >= 4 is 0 Å². The van der Waals surface area contributed by atoms with Gasteiger partial charge in [0.25, 0.3) is 0 Å². The van der Waals surface area contributed by atoms with E-state index < -0.39 is 0 Å². The molecule has 0 spiro atoms. The van der Waals surface area contributed by atoms with E-state index in [0.717, 1.165) is 0 Å². The molecule has 0 saturated heterocycles. The van der Waals surface area contributed by atoms with Gasteiger partial charge in [-0.2, -0.15) is 0 Å². The molecule has 0 atom stereocenters. The van der Waals surface area contributed by atoms with Gasteiger partial charge in [-0.25, -0.2) is 21.0 Å². The van der Waals surface area contributed by atoms with Crippen molar-refractivity contribution in [3.8, 4) is 468 Å². The zero-order chi connectivity index (χ0) is 78.8. The van der Waals surface area contributed by atoms with Crippen molar-refractivity contribution in [1.82, 2.24) is 6.15 Å². The number of hydrogen-bond acceptors (Lipinski definition) is 10. The van der Waals surface area contributed by atoms with Gasteiger partial charge >= 0.3 is 0 Å². The summed E-state index contributed by atoms with van der Waals surface area (Å²) in [4.78, 5) is 14.0. The van der Waals surface area contributed by atoms with Gasteiger partial charge in [0.05, 0.1) is 0 Å². The third kappa shape index (κ3) is 372. The van der Waals surface area contributed by atoms with E-state index in [1.165, 1.54) is 0 Å². The largest absolute Gasteiger partial charge is 0.412 e. The Balaban J connectivity index is -0.0000000474. The normalized spacial score (nSPS) is 3.57. The maximum atomic E-state index is 7.00. The summed E-state index contributed by atoms with van der Waals surface area (Å²) in [5.74, 6) is 161. The predicted octanol–water partition coefficient (Wildman–Crippen LogP) is 7.64. The van der Waals surface area contributed by atoms with Crippen LogP contribution in [0.2, 0.25) is 0 Å². The molecule has 0 radical (unpaired) electrons. The van der Waals surface area contributed by atoms with Crippen LogP contribution in [0.3, 0.4) is 0 Å². The fourth-order valence-electron chi connectivity index (χ4n) is 1.74. The van der Waals surface area contributed by atoms with E-state index in [1.807, 2.05) is 13.8 Å². The molecule has 102 heavy (non-hydrogen) atoms. The number of hydrogen-bond donors (Lipinski definition) is 5. The van der Waals surface area contributed by atoms with Crippen LogP contribution in [-0.2, 0) is 15.1 Å². The van der Waals surface area contributed by atoms with E-state index in [9.17, 15) is 0 Å². The monoisotopic (exact) mass is 1330 g/mol. The van der Waals surface area contributed by atoms with Gasteiger partial charge < -0.3 is 11.6 Å². The van der Waals surface area contributed by atoms with Crippen molar-refractivity contribution in [2.75, 3.05) is 0 Å². The van der Waals surface area contributed by atoms with Crippen LogP contribution >= 0.6 is 0 Å². The average Bonchev–Trinajstić information content (AvgIpc) is 3.81. The third-order valence-corrected chi connectivity index (χ3v) is 4.31. The maximum absolute atomic E-state index is 7.00. The van der Waals surface area contributed by atoms with Crippen molar-refractivity contribution in [1.29, 1.82) is 0 Å². The van der Waals surface area contributed by atoms with Gasteiger partial charge in [0.2, 0.25) is 0 Å². The van der Waals surface area contributed by atoms with Crippen LogP contribution in [-0.4, -0.2) is 26.5 Å². The lowest BCUT2D eigenvalue weighted by Crippen LogP contribution is -1.75. The molecule has 9 N–H and O–H groups in total. The van der Waals surface area contributed by atoms with Crippen LogP contribution < -0.4 is 6.15 Å². The predicted molar refractivity (Wildman–Crippen MR) is 420 cm³/mol. The Morgan fingerprint density at radius 3 is 0.343 bits per heavy atom. The Bertz CT molecular complexity index is 4730. The van der Waals surface area contributed by atoms with Crippen LogP contribution in [0.25, 0.3) is 0 Å². The Kier molecular flexibility index (Phi) is 280. The molecule has 11 nitrogen and oxygen atoms in total. The molecular weight excluding hydrogens is 1270 g/mol. The minimum atomic E-state index is 0. The summed E-state index contributed by atoms with van der Waals surface area (Å²) in [6.45, 7) is 20.8. The molecule has 0 rings (SSSR count). The second kappa shape index (κ2) is 215. The van der Waals surface area contributed by atoms with Crippen molar-refractivity contribution in [3.05, 3.63) is 9.93 Å². The van der Waals surface area contributed by atoms with Gasteiger partial charge in [-0.3, -0.25) is 0 Å². The molecule has 0 aliphatic heterocycles. The van der Waals surface area contributed by atoms with Gasteiger partial charge in [0, 0.05) is 9.93 Å². The standard InChI is InChI=1S/C13H4.C12H6.C11H4.C10H2.C9H4.C8H6.C7H4.C6H2.C5H4.C4H6.C3H4.C2H2.CH4.H3N.H2O4.H2O3.O2.H2O/c1-3-5-7-9-11-13-12-10-8-6-4-2;1-3-5-7-9-11-12-10-8-6-4-2;1-3-5-7-9-11-10-8-6-4-2;1-3-5-7-9-10-8-6-4-2;1-3-5-7-9-8-6-4-2;1-3-5-7-8-6-4-2;1-3-5-7-6-4-2;1-3-5-6-4-2;1-3-5-4-2;1-3-4-2;1-3-2;1-2;;;1-3-4-2;1-3-2;1-2;/h1H,2H3;1-2H3;1H,2H3;1-2H;1H,2H3;1-2H3;1H,2H3;1-2H;1H,2H3;1-2H3;1H,2H3;1-2H;1H4;1H3;1-2H;1-2H;;1H2. The molecule has 0 aromatic heterocycles. The van der Waals surface area contributed by atoms with E-state index in [1.54, 1.807) is 69.2 Å². The molecule has 11 heteroatoms. The van der Waals surface area contributed by atoms with Gasteiger partial charge in [-0.15, -0.1) is 94.8 Å². The fraction of sp³-hybridized carbons (Fsp3) is 0.143. The van der Waals surface area contributed by atoms with E-state index in [0.29, 0.717) is 0 Å². The molecule has 0 bridgehead atoms. The molecule has 0 aliphatic rings. The minimum absolute atomic E-state index is 0. The highest BCUT2D eigenvalue weighted by molar-refractivity contribution is 5.46. The Hall–Kier alpha value is -17.9. The maximum Gasteiger partial charge on any atom is 0 e. The summed E-state index contributed by atoms with van der Waals surface area (Å²) in [5, 5.41) is 34.5. The Labute approximate surface area is 612 Å². The van der Waals surface area contributed by atoms with Crippen LogP contribution in [0.5, 0.6) is 0 Å². The zero-order valence-electron chi connectivity index (χ0n) is 57.0. The molecule has 0 aliphatic carbocycles. The van der Waals surface area contributed by atoms with E-state index in [-0.39, 0.29) is 19.1 Å². The van der Waals surface area contributed by atoms with Crippen molar-refractivity contribution in [3.63, 3.8) is 0 Å². The molecular formula is C91H61NO10. The lowest BCUT2D eigenvalue weighted by atomic mass is 10.5. The SMILES string of the molecule is C.C#C.C#CC.C#CC#CC.C#CC#CC#C.C#CC#CC#CC.C#CC#CC#CC#CC.C#CC#CC#CC#CC#C.C#CC#CC#CC#CC#CC.C#CC#CC#CC#CC#CC#CC.CC#CC.CC#CC#CC#CC.CC#CC#CC#CC#CC#CC.N.O.O=O.OOO.OOOO. The Morgan fingerprint density at radius 2 is 0.275 bits per heavy atom. The molecule has 0 unspecified atom stereocenters. The summed E-state index contributed by atoms with van der Waals surface area (Å²) < 4.78 is 0. The second-order valence-corrected chi connectivity index (χ2v) is 10.2. The Morgan fingerprint density at radius 1 is 0.196 bits per heavy atom. The molecule has 0 aromatic rings. The molecule has 0 aromatic carbocycles. The fourth-order valence-corrected chi connectivity index (χ4v) is 1.74. The zero-order valence-corrected chi connectivity index (χ0v) is 57.0. The first-order chi connectivity index (χ1) is 48.4.